The molecule has 0 saturated carbocycles. The Labute approximate surface area is 65.9 Å². The van der Waals surface area contributed by atoms with Gasteiger partial charge >= 0.3 is 16.5 Å². The third-order valence-corrected chi connectivity index (χ3v) is 0. The Kier molecular flexibility index (Phi) is 12.1. The summed E-state index contributed by atoms with van der Waals surface area (Å²) in [5.41, 5.74) is 0. The molecule has 0 aromatic rings. The molecule has 0 spiro atoms. The first kappa shape index (κ1) is 15.7. The standard InChI is InChI=1S/Ni.O4Si.W/c;1-5(2,3)4;/q+2;-4;. The van der Waals surface area contributed by atoms with Crippen LogP contribution in [-0.4, -0.2) is 9.05 Å². The zero-order valence-electron chi connectivity index (χ0n) is 2.86. The van der Waals surface area contributed by atoms with Crippen molar-refractivity contribution in [3.05, 3.63) is 0 Å². The summed E-state index contributed by atoms with van der Waals surface area (Å²) in [4.78, 5) is 34.3. The van der Waals surface area contributed by atoms with E-state index in [0.29, 0.717) is 0 Å². The van der Waals surface area contributed by atoms with Gasteiger partial charge in [-0.3, -0.25) is 0 Å². The molecule has 0 amide bonds. The molecule has 4 nitrogen and oxygen atoms in total. The van der Waals surface area contributed by atoms with Gasteiger partial charge < -0.3 is 28.2 Å². The minimum atomic E-state index is -5.61. The Bertz CT molecular complexity index is 27.2. The summed E-state index contributed by atoms with van der Waals surface area (Å²) in [5, 5.41) is 0. The molecule has 7 heavy (non-hydrogen) atoms. The van der Waals surface area contributed by atoms with Gasteiger partial charge in [-0.15, -0.1) is 0 Å². The van der Waals surface area contributed by atoms with Crippen molar-refractivity contribution in [3.63, 3.8) is 0 Å². The molecule has 0 aliphatic rings. The molecule has 46 valence electrons. The first-order valence-electron chi connectivity index (χ1n) is 0.816. The van der Waals surface area contributed by atoms with Crippen molar-refractivity contribution in [2.75, 3.05) is 0 Å². The third kappa shape index (κ3) is 129. The van der Waals surface area contributed by atoms with Crippen molar-refractivity contribution in [1.82, 2.24) is 0 Å². The van der Waals surface area contributed by atoms with Crippen LogP contribution in [0.4, 0.5) is 0 Å². The van der Waals surface area contributed by atoms with Crippen LogP contribution in [0, 0.1) is 0 Å². The number of hydrogen-bond donors (Lipinski definition) is 0. The van der Waals surface area contributed by atoms with Gasteiger partial charge in [-0.2, -0.15) is 0 Å². The van der Waals surface area contributed by atoms with Crippen molar-refractivity contribution in [2.24, 2.45) is 0 Å². The normalized spacial score (nSPS) is 8.57. The summed E-state index contributed by atoms with van der Waals surface area (Å²) < 4.78 is 0. The molecule has 0 bridgehead atoms. The van der Waals surface area contributed by atoms with Crippen molar-refractivity contribution >= 4 is 9.05 Å². The van der Waals surface area contributed by atoms with E-state index in [1.165, 1.54) is 0 Å². The summed E-state index contributed by atoms with van der Waals surface area (Å²) in [6.45, 7) is 0. The van der Waals surface area contributed by atoms with Gasteiger partial charge in [0.2, 0.25) is 0 Å². The van der Waals surface area contributed by atoms with Gasteiger partial charge in [0.1, 0.15) is 0 Å². The Morgan fingerprint density at radius 2 is 0.857 bits per heavy atom. The number of hydrogen-bond acceptors (Lipinski definition) is 4. The van der Waals surface area contributed by atoms with Crippen LogP contribution in [0.15, 0.2) is 0 Å². The topological polar surface area (TPSA) is 92.2 Å². The smallest absolute Gasteiger partial charge is 0.894 e. The van der Waals surface area contributed by atoms with Crippen LogP contribution in [0.25, 0.3) is 0 Å². The molecule has 0 unspecified atom stereocenters. The van der Waals surface area contributed by atoms with E-state index in [0.717, 1.165) is 0 Å². The van der Waals surface area contributed by atoms with Gasteiger partial charge in [0.15, 0.2) is 0 Å². The largest absolute Gasteiger partial charge is 2.00 e. The molecule has 0 atom stereocenters. The van der Waals surface area contributed by atoms with Crippen LogP contribution in [0.3, 0.4) is 0 Å². The minimum Gasteiger partial charge on any atom is -0.894 e. The minimum absolute atomic E-state index is 0. The van der Waals surface area contributed by atoms with E-state index in [-0.39, 0.29) is 37.6 Å². The molecule has 0 aliphatic heterocycles. The Balaban J connectivity index is -0.0000000800. The summed E-state index contributed by atoms with van der Waals surface area (Å²) in [6, 6.07) is 0. The predicted octanol–water partition coefficient (Wildman–Crippen LogP) is -5.14. The average Bonchev–Trinajstić information content (AvgIpc) is 0.722. The van der Waals surface area contributed by atoms with Gasteiger partial charge in [-0.05, 0) is 0 Å². The predicted molar refractivity (Wildman–Crippen MR) is 5.75 cm³/mol. The summed E-state index contributed by atoms with van der Waals surface area (Å²) in [5.74, 6) is 0. The fourth-order valence-corrected chi connectivity index (χ4v) is 0. The zero-order valence-corrected chi connectivity index (χ0v) is 7.78. The Hall–Kier alpha value is 1.24. The molecule has 0 aliphatic carbocycles. The molecular weight excluding hydrogens is 335 g/mol. The van der Waals surface area contributed by atoms with Crippen molar-refractivity contribution in [1.29, 1.82) is 0 Å². The fourth-order valence-electron chi connectivity index (χ4n) is 0. The van der Waals surface area contributed by atoms with Gasteiger partial charge in [-0.1, -0.05) is 0 Å². The third-order valence-electron chi connectivity index (χ3n) is 0. The van der Waals surface area contributed by atoms with Crippen LogP contribution in [0.2, 0.25) is 0 Å². The first-order chi connectivity index (χ1) is 2.00. The van der Waals surface area contributed by atoms with E-state index in [9.17, 15) is 0 Å². The Morgan fingerprint density at radius 3 is 0.857 bits per heavy atom. The number of rotatable bonds is 0. The van der Waals surface area contributed by atoms with E-state index < -0.39 is 9.05 Å². The molecule has 0 N–H and O–H groups in total. The maximum Gasteiger partial charge on any atom is 2.00 e. The van der Waals surface area contributed by atoms with E-state index in [1.54, 1.807) is 0 Å². The van der Waals surface area contributed by atoms with E-state index in [4.69, 9.17) is 19.2 Å². The summed E-state index contributed by atoms with van der Waals surface area (Å²) in [7, 11) is -5.61. The van der Waals surface area contributed by atoms with E-state index in [1.807, 2.05) is 0 Å². The maximum absolute atomic E-state index is 8.58. The van der Waals surface area contributed by atoms with Crippen LogP contribution in [0.5, 0.6) is 0 Å². The second kappa shape index (κ2) is 5.38. The average molecular weight is 335 g/mol. The quantitative estimate of drug-likeness (QED) is 0.414. The molecule has 0 radical (unpaired) electrons. The van der Waals surface area contributed by atoms with E-state index in [2.05, 4.69) is 0 Å². The Morgan fingerprint density at radius 1 is 0.857 bits per heavy atom. The maximum atomic E-state index is 8.58. The molecule has 0 rings (SSSR count). The molecule has 0 heterocycles. The van der Waals surface area contributed by atoms with Crippen LogP contribution < -0.4 is 19.2 Å². The summed E-state index contributed by atoms with van der Waals surface area (Å²) >= 11 is 0. The van der Waals surface area contributed by atoms with Crippen molar-refractivity contribution in [3.8, 4) is 0 Å². The van der Waals surface area contributed by atoms with Gasteiger partial charge in [0.25, 0.3) is 0 Å². The SMILES string of the molecule is [Ni+2].[O-][Si]([O-])([O-])[O-].[W]. The molecule has 7 heteroatoms. The zero-order chi connectivity index (χ0) is 4.50. The van der Waals surface area contributed by atoms with Crippen molar-refractivity contribution in [2.45, 2.75) is 0 Å². The molecule has 0 aromatic carbocycles. The molecule has 0 aromatic heterocycles. The monoisotopic (exact) mass is 334 g/mol. The first-order valence-corrected chi connectivity index (χ1v) is 2.45. The van der Waals surface area contributed by atoms with Gasteiger partial charge in [0, 0.05) is 21.1 Å². The van der Waals surface area contributed by atoms with Gasteiger partial charge in [0.05, 0.1) is 0 Å². The van der Waals surface area contributed by atoms with Crippen LogP contribution in [0.1, 0.15) is 0 Å². The summed E-state index contributed by atoms with van der Waals surface area (Å²) in [6.07, 6.45) is 0. The fraction of sp³-hybridized carbons (Fsp3) is 0. The van der Waals surface area contributed by atoms with Crippen LogP contribution >= 0.6 is 0 Å². The second-order valence-corrected chi connectivity index (χ2v) is 1.50. The van der Waals surface area contributed by atoms with Crippen molar-refractivity contribution < 1.29 is 56.7 Å². The second-order valence-electron chi connectivity index (χ2n) is 0.500. The molecule has 0 fully saturated rings. The molecular formula is NiO4SiW-2. The molecule has 0 saturated heterocycles. The van der Waals surface area contributed by atoms with Gasteiger partial charge in [-0.25, -0.2) is 0 Å². The van der Waals surface area contributed by atoms with Crippen LogP contribution in [-0.2, 0) is 37.6 Å². The van der Waals surface area contributed by atoms with E-state index >= 15 is 0 Å².